The Morgan fingerprint density at radius 1 is 1.09 bits per heavy atom. The Hall–Kier alpha value is -4.83. The number of anilines is 1. The van der Waals surface area contributed by atoms with Crippen LogP contribution in [-0.4, -0.2) is 52.2 Å². The van der Waals surface area contributed by atoms with Crippen molar-refractivity contribution in [3.63, 3.8) is 0 Å². The first kappa shape index (κ1) is 31.1. The molecule has 0 aliphatic heterocycles. The molecule has 2 aromatic carbocycles. The summed E-state index contributed by atoms with van der Waals surface area (Å²) in [7, 11) is 0. The lowest BCUT2D eigenvalue weighted by Gasteiger charge is -2.31. The number of nitrogens with one attached hydrogen (secondary N) is 3. The number of pyridine rings is 1. The molecule has 4 aromatic rings. The molecule has 0 saturated heterocycles. The van der Waals surface area contributed by atoms with E-state index < -0.39 is 48.1 Å². The maximum Gasteiger partial charge on any atom is 0.424 e. The van der Waals surface area contributed by atoms with Crippen LogP contribution in [0.1, 0.15) is 28.5 Å². The zero-order valence-electron chi connectivity index (χ0n) is 22.4. The van der Waals surface area contributed by atoms with Gasteiger partial charge in [0.15, 0.2) is 11.1 Å². The van der Waals surface area contributed by atoms with Crippen LogP contribution in [0.4, 0.5) is 22.7 Å². The number of rotatable bonds is 10. The first-order chi connectivity index (χ1) is 20.2. The number of nitrogens with zero attached hydrogens (tertiary/aromatic N) is 2. The fourth-order valence-electron chi connectivity index (χ4n) is 4.11. The number of carbonyl (C=O) groups excluding carboxylic acids is 2. The van der Waals surface area contributed by atoms with E-state index in [2.05, 4.69) is 20.6 Å². The van der Waals surface area contributed by atoms with Gasteiger partial charge in [0.25, 0.3) is 5.91 Å². The molecule has 2 aromatic heterocycles. The summed E-state index contributed by atoms with van der Waals surface area (Å²) in [6.07, 6.45) is -5.92. The number of carbonyl (C=O) groups is 2. The molecule has 4 rings (SSSR count). The number of nitrogens with two attached hydrogens (primary N) is 2. The first-order valence-electron chi connectivity index (χ1n) is 12.5. The van der Waals surface area contributed by atoms with Gasteiger partial charge in [-0.2, -0.15) is 13.2 Å². The highest BCUT2D eigenvalue weighted by Crippen LogP contribution is 2.42. The highest BCUT2D eigenvalue weighted by atomic mass is 32.1. The minimum absolute atomic E-state index is 0.0314. The van der Waals surface area contributed by atoms with E-state index in [9.17, 15) is 32.3 Å². The molecule has 43 heavy (non-hydrogen) atoms. The van der Waals surface area contributed by atoms with E-state index in [1.165, 1.54) is 30.3 Å². The highest BCUT2D eigenvalue weighted by molar-refractivity contribution is 7.22. The van der Waals surface area contributed by atoms with Gasteiger partial charge in [-0.25, -0.2) is 14.4 Å². The molecule has 0 radical (unpaired) electrons. The molecule has 0 spiro atoms. The largest absolute Gasteiger partial charge is 0.491 e. The zero-order chi connectivity index (χ0) is 31.5. The number of guanidine groups is 1. The molecule has 16 heteroatoms. The van der Waals surface area contributed by atoms with Gasteiger partial charge in [-0.3, -0.25) is 15.0 Å². The van der Waals surface area contributed by atoms with Crippen molar-refractivity contribution in [2.45, 2.75) is 25.1 Å². The molecule has 2 heterocycles. The van der Waals surface area contributed by atoms with Gasteiger partial charge in [-0.05, 0) is 55.5 Å². The molecule has 0 bridgehead atoms. The molecular weight excluding hydrogens is 594 g/mol. The predicted octanol–water partition coefficient (Wildman–Crippen LogP) is 3.41. The van der Waals surface area contributed by atoms with Gasteiger partial charge in [0.1, 0.15) is 17.3 Å². The van der Waals surface area contributed by atoms with Gasteiger partial charge in [0.2, 0.25) is 11.5 Å². The van der Waals surface area contributed by atoms with Gasteiger partial charge >= 0.3 is 6.18 Å². The first-order valence-corrected chi connectivity index (χ1v) is 13.3. The molecule has 8 N–H and O–H groups in total. The third-order valence-corrected chi connectivity index (χ3v) is 7.04. The van der Waals surface area contributed by atoms with E-state index in [1.807, 2.05) is 0 Å². The second kappa shape index (κ2) is 12.2. The number of halogens is 4. The average molecular weight is 620 g/mol. The summed E-state index contributed by atoms with van der Waals surface area (Å²) in [4.78, 5) is 33.0. The van der Waals surface area contributed by atoms with Crippen LogP contribution in [0.3, 0.4) is 0 Å². The van der Waals surface area contributed by atoms with Gasteiger partial charge in [0, 0.05) is 16.7 Å². The number of primary amides is 1. The van der Waals surface area contributed by atoms with Crippen LogP contribution in [0.2, 0.25) is 0 Å². The van der Waals surface area contributed by atoms with Crippen molar-refractivity contribution >= 4 is 44.5 Å². The van der Waals surface area contributed by atoms with Crippen molar-refractivity contribution in [3.8, 4) is 17.0 Å². The van der Waals surface area contributed by atoms with Gasteiger partial charge < -0.3 is 31.9 Å². The number of ether oxygens (including phenoxy) is 1. The fourth-order valence-corrected chi connectivity index (χ4v) is 5.02. The third-order valence-electron chi connectivity index (χ3n) is 6.11. The maximum atomic E-state index is 14.5. The van der Waals surface area contributed by atoms with E-state index >= 15 is 0 Å². The van der Waals surface area contributed by atoms with Gasteiger partial charge in [-0.15, -0.1) is 0 Å². The van der Waals surface area contributed by atoms with Crippen molar-refractivity contribution in [3.05, 3.63) is 71.2 Å². The number of benzene rings is 2. The molecule has 1 atom stereocenters. The van der Waals surface area contributed by atoms with E-state index in [4.69, 9.17) is 21.6 Å². The Labute approximate surface area is 245 Å². The van der Waals surface area contributed by atoms with E-state index in [0.717, 1.165) is 29.5 Å². The standard InChI is InChI=1S/C27H25F4N7O4S/c1-2-42-22-15(11-20(32)39)10-19(37-21(22)13-3-6-16(28)7-4-13)26(41,27(29,30)31)12-35-23(40)14-5-8-17-18(9-14)43-25(36-17)38-24(33)34/h3-10,41H,2,11-12H2,1H3,(H2,32,39)(H,35,40)(H4,33,34,36,38)/t26-/m0/s1. The summed E-state index contributed by atoms with van der Waals surface area (Å²) in [6, 6.07) is 9.63. The lowest BCUT2D eigenvalue weighted by molar-refractivity contribution is -0.265. The van der Waals surface area contributed by atoms with Crippen LogP contribution in [-0.2, 0) is 16.8 Å². The smallest absolute Gasteiger partial charge is 0.424 e. The van der Waals surface area contributed by atoms with Crippen LogP contribution >= 0.6 is 11.3 Å². The molecule has 0 saturated carbocycles. The SMILES string of the molecule is CCOc1c(CC(N)=O)cc([C@@](O)(CNC(=O)c2ccc3nc(NC(=N)N)sc3c2)C(F)(F)F)nc1-c1ccc(F)cc1. The lowest BCUT2D eigenvalue weighted by Crippen LogP contribution is -2.51. The molecule has 0 fully saturated rings. The number of hydrogen-bond donors (Lipinski definition) is 6. The van der Waals surface area contributed by atoms with Gasteiger partial charge in [-0.1, -0.05) is 11.3 Å². The molecule has 0 aliphatic carbocycles. The molecule has 0 aliphatic rings. The summed E-state index contributed by atoms with van der Waals surface area (Å²) >= 11 is 1.06. The molecule has 11 nitrogen and oxygen atoms in total. The number of hydrogen-bond acceptors (Lipinski definition) is 8. The minimum Gasteiger partial charge on any atom is -0.491 e. The third kappa shape index (κ3) is 6.81. The second-order valence-electron chi connectivity index (χ2n) is 9.21. The molecule has 2 amide bonds. The number of aromatic nitrogens is 2. The van der Waals surface area contributed by atoms with Crippen LogP contribution in [0.15, 0.2) is 48.5 Å². The summed E-state index contributed by atoms with van der Waals surface area (Å²) in [5.74, 6) is -2.88. The Bertz CT molecular complexity index is 1700. The van der Waals surface area contributed by atoms with Crippen LogP contribution in [0.5, 0.6) is 5.75 Å². The number of alkyl halides is 3. The number of fused-ring (bicyclic) bond motifs is 1. The Morgan fingerprint density at radius 2 is 1.79 bits per heavy atom. The van der Waals surface area contributed by atoms with E-state index in [0.29, 0.717) is 10.2 Å². The Morgan fingerprint density at radius 3 is 2.40 bits per heavy atom. The topological polar surface area (TPSA) is 189 Å². The zero-order valence-corrected chi connectivity index (χ0v) is 23.2. The molecule has 226 valence electrons. The van der Waals surface area contributed by atoms with Crippen molar-refractivity contribution in [1.29, 1.82) is 5.41 Å². The number of thiazole rings is 1. The van der Waals surface area contributed by atoms with E-state index in [1.54, 1.807) is 6.92 Å². The Kier molecular flexibility index (Phi) is 8.82. The van der Waals surface area contributed by atoms with Gasteiger partial charge in [0.05, 0.1) is 35.5 Å². The normalized spacial score (nSPS) is 12.9. The summed E-state index contributed by atoms with van der Waals surface area (Å²) < 4.78 is 63.3. The van der Waals surface area contributed by atoms with Crippen LogP contribution < -0.4 is 26.8 Å². The lowest BCUT2D eigenvalue weighted by atomic mass is 9.93. The van der Waals surface area contributed by atoms with Crippen LogP contribution in [0.25, 0.3) is 21.5 Å². The van der Waals surface area contributed by atoms with Crippen molar-refractivity contribution < 1.29 is 37.0 Å². The van der Waals surface area contributed by atoms with Crippen molar-refractivity contribution in [2.24, 2.45) is 11.5 Å². The van der Waals surface area contributed by atoms with Crippen molar-refractivity contribution in [1.82, 2.24) is 15.3 Å². The molecular formula is C27H25F4N7O4S. The second-order valence-corrected chi connectivity index (χ2v) is 10.2. The fraction of sp³-hybridized carbons (Fsp3) is 0.222. The molecule has 0 unspecified atom stereocenters. The number of amides is 2. The quantitative estimate of drug-likeness (QED) is 0.0884. The van der Waals surface area contributed by atoms with E-state index in [-0.39, 0.29) is 45.8 Å². The Balaban J connectivity index is 1.74. The highest BCUT2D eigenvalue weighted by Gasteiger charge is 2.56. The summed E-state index contributed by atoms with van der Waals surface area (Å²) in [5, 5.41) is 23.3. The summed E-state index contributed by atoms with van der Waals surface area (Å²) in [5.41, 5.74) is 6.22. The predicted molar refractivity (Wildman–Crippen MR) is 151 cm³/mol. The monoisotopic (exact) mass is 619 g/mol. The van der Waals surface area contributed by atoms with Crippen LogP contribution in [0, 0.1) is 11.2 Å². The average Bonchev–Trinajstić information content (AvgIpc) is 3.32. The minimum atomic E-state index is -5.36. The number of aliphatic hydroxyl groups is 1. The van der Waals surface area contributed by atoms with Crippen molar-refractivity contribution in [2.75, 3.05) is 18.5 Å². The maximum absolute atomic E-state index is 14.5. The summed E-state index contributed by atoms with van der Waals surface area (Å²) in [6.45, 7) is 0.284.